The molecular weight excluding hydrogens is 474 g/mol. The lowest BCUT2D eigenvalue weighted by Crippen LogP contribution is -2.25. The van der Waals surface area contributed by atoms with Crippen LogP contribution in [-0.4, -0.2) is 16.0 Å². The summed E-state index contributed by atoms with van der Waals surface area (Å²) in [5.74, 6) is -4.55. The highest BCUT2D eigenvalue weighted by molar-refractivity contribution is 6.53. The van der Waals surface area contributed by atoms with Gasteiger partial charge < -0.3 is 5.32 Å². The minimum Gasteiger partial charge on any atom is -0.352 e. The SMILES string of the molecule is O=C(NCc1c(F)ccc(CC(=O)C2C(c3ccc(F)c(Cl)c3)C2(Cl)Cl)c1F)C1CC1. The molecule has 4 rings (SSSR count). The van der Waals surface area contributed by atoms with Gasteiger partial charge in [-0.15, -0.1) is 23.2 Å². The number of Topliss-reactive ketones (excluding diaryl/α,β-unsaturated/α-hetero) is 1. The van der Waals surface area contributed by atoms with Crippen LogP contribution in [0.25, 0.3) is 0 Å². The standard InChI is InChI=1S/C22H17Cl3F3NO2/c23-14-7-11(3-6-16(14)27)18-19(22(18,24)25)17(30)8-12-4-5-15(26)13(20(12)28)9-29-21(31)10-1-2-10/h3-7,10,18-19H,1-2,8-9H2,(H,29,31). The van der Waals surface area contributed by atoms with Gasteiger partial charge in [0.1, 0.15) is 27.6 Å². The van der Waals surface area contributed by atoms with Crippen molar-refractivity contribution in [1.82, 2.24) is 5.32 Å². The monoisotopic (exact) mass is 489 g/mol. The first kappa shape index (κ1) is 22.4. The largest absolute Gasteiger partial charge is 0.352 e. The van der Waals surface area contributed by atoms with E-state index in [1.807, 2.05) is 0 Å². The number of benzene rings is 2. The van der Waals surface area contributed by atoms with Crippen LogP contribution in [-0.2, 0) is 22.6 Å². The van der Waals surface area contributed by atoms with E-state index in [-0.39, 0.29) is 40.9 Å². The Labute approximate surface area is 191 Å². The molecule has 2 unspecified atom stereocenters. The number of carbonyl (C=O) groups excluding carboxylic acids is 2. The van der Waals surface area contributed by atoms with Crippen LogP contribution in [0.1, 0.15) is 35.4 Å². The van der Waals surface area contributed by atoms with Crippen LogP contribution in [0, 0.1) is 29.3 Å². The van der Waals surface area contributed by atoms with Crippen LogP contribution in [0.5, 0.6) is 0 Å². The van der Waals surface area contributed by atoms with Gasteiger partial charge in [-0.2, -0.15) is 0 Å². The summed E-state index contributed by atoms with van der Waals surface area (Å²) < 4.78 is 41.0. The fourth-order valence-electron chi connectivity index (χ4n) is 3.76. The molecule has 1 N–H and O–H groups in total. The molecule has 3 nitrogen and oxygen atoms in total. The molecule has 2 aromatic carbocycles. The van der Waals surface area contributed by atoms with E-state index in [1.165, 1.54) is 18.2 Å². The van der Waals surface area contributed by atoms with Gasteiger partial charge in [-0.3, -0.25) is 9.59 Å². The second-order valence-electron chi connectivity index (χ2n) is 7.94. The normalized spacial score (nSPS) is 21.6. The van der Waals surface area contributed by atoms with Crippen molar-refractivity contribution in [3.63, 3.8) is 0 Å². The van der Waals surface area contributed by atoms with Crippen LogP contribution in [0.15, 0.2) is 30.3 Å². The zero-order valence-corrected chi connectivity index (χ0v) is 18.3. The third kappa shape index (κ3) is 4.43. The van der Waals surface area contributed by atoms with Crippen LogP contribution in [0.2, 0.25) is 5.02 Å². The van der Waals surface area contributed by atoms with E-state index in [0.717, 1.165) is 25.0 Å². The second kappa shape index (κ2) is 8.30. The van der Waals surface area contributed by atoms with Gasteiger partial charge in [0, 0.05) is 30.4 Å². The Bertz CT molecular complexity index is 1070. The summed E-state index contributed by atoms with van der Waals surface area (Å²) in [4.78, 5) is 24.6. The van der Waals surface area contributed by atoms with E-state index in [4.69, 9.17) is 34.8 Å². The fraction of sp³-hybridized carbons (Fsp3) is 0.364. The lowest BCUT2D eigenvalue weighted by atomic mass is 10.00. The van der Waals surface area contributed by atoms with Crippen molar-refractivity contribution in [1.29, 1.82) is 0 Å². The summed E-state index contributed by atoms with van der Waals surface area (Å²) in [7, 11) is 0. The zero-order chi connectivity index (χ0) is 22.5. The number of ketones is 1. The topological polar surface area (TPSA) is 46.2 Å². The van der Waals surface area contributed by atoms with Gasteiger partial charge in [0.15, 0.2) is 0 Å². The van der Waals surface area contributed by atoms with Crippen molar-refractivity contribution >= 4 is 46.5 Å². The van der Waals surface area contributed by atoms with E-state index in [1.54, 1.807) is 0 Å². The number of hydrogen-bond acceptors (Lipinski definition) is 2. The van der Waals surface area contributed by atoms with Gasteiger partial charge in [-0.05, 0) is 42.2 Å². The summed E-state index contributed by atoms with van der Waals surface area (Å²) in [5.41, 5.74) is 0.173. The van der Waals surface area contributed by atoms with E-state index in [0.29, 0.717) is 5.56 Å². The average Bonchev–Trinajstić information content (AvgIpc) is 3.62. The van der Waals surface area contributed by atoms with Gasteiger partial charge in [-0.25, -0.2) is 13.2 Å². The summed E-state index contributed by atoms with van der Waals surface area (Å²) in [6.07, 6.45) is 1.19. The lowest BCUT2D eigenvalue weighted by Gasteiger charge is -2.11. The smallest absolute Gasteiger partial charge is 0.223 e. The molecule has 2 aliphatic rings. The predicted molar refractivity (Wildman–Crippen MR) is 112 cm³/mol. The average molecular weight is 491 g/mol. The summed E-state index contributed by atoms with van der Waals surface area (Å²) in [6, 6.07) is 6.20. The molecule has 0 bridgehead atoms. The van der Waals surface area contributed by atoms with E-state index >= 15 is 0 Å². The molecular formula is C22H17Cl3F3NO2. The Hall–Kier alpha value is -1.76. The highest BCUT2D eigenvalue weighted by Crippen LogP contribution is 2.65. The second-order valence-corrected chi connectivity index (χ2v) is 9.79. The van der Waals surface area contributed by atoms with E-state index in [9.17, 15) is 22.8 Å². The first-order valence-corrected chi connectivity index (χ1v) is 10.8. The van der Waals surface area contributed by atoms with Crippen LogP contribution < -0.4 is 5.32 Å². The maximum absolute atomic E-state index is 14.9. The molecule has 9 heteroatoms. The van der Waals surface area contributed by atoms with Crippen molar-refractivity contribution in [2.45, 2.75) is 36.1 Å². The van der Waals surface area contributed by atoms with Gasteiger partial charge in [-0.1, -0.05) is 23.7 Å². The van der Waals surface area contributed by atoms with Gasteiger partial charge in [0.05, 0.1) is 10.9 Å². The molecule has 0 saturated heterocycles. The first-order valence-electron chi connectivity index (χ1n) is 9.70. The molecule has 0 radical (unpaired) electrons. The van der Waals surface area contributed by atoms with Gasteiger partial charge >= 0.3 is 0 Å². The Morgan fingerprint density at radius 1 is 1.06 bits per heavy atom. The summed E-state index contributed by atoms with van der Waals surface area (Å²) in [5, 5.41) is 2.40. The number of amides is 1. The van der Waals surface area contributed by atoms with Gasteiger partial charge in [0.25, 0.3) is 0 Å². The Morgan fingerprint density at radius 2 is 1.74 bits per heavy atom. The third-order valence-corrected chi connectivity index (χ3v) is 6.95. The van der Waals surface area contributed by atoms with Crippen molar-refractivity contribution in [3.8, 4) is 0 Å². The fourth-order valence-corrected chi connectivity index (χ4v) is 4.82. The predicted octanol–water partition coefficient (Wildman–Crippen LogP) is 5.48. The molecule has 31 heavy (non-hydrogen) atoms. The van der Waals surface area contributed by atoms with Crippen molar-refractivity contribution in [2.75, 3.05) is 0 Å². The molecule has 2 fully saturated rings. The molecule has 2 aromatic rings. The Kier molecular flexibility index (Phi) is 6.01. The number of alkyl halides is 2. The number of rotatable bonds is 7. The van der Waals surface area contributed by atoms with Crippen LogP contribution >= 0.6 is 34.8 Å². The van der Waals surface area contributed by atoms with Crippen LogP contribution in [0.4, 0.5) is 13.2 Å². The van der Waals surface area contributed by atoms with E-state index < -0.39 is 39.4 Å². The molecule has 0 spiro atoms. The van der Waals surface area contributed by atoms with Crippen molar-refractivity contribution in [2.24, 2.45) is 11.8 Å². The maximum atomic E-state index is 14.9. The molecule has 0 aliphatic heterocycles. The van der Waals surface area contributed by atoms with Crippen LogP contribution in [0.3, 0.4) is 0 Å². The Morgan fingerprint density at radius 3 is 2.39 bits per heavy atom. The molecule has 0 aromatic heterocycles. The maximum Gasteiger partial charge on any atom is 0.223 e. The number of carbonyl (C=O) groups is 2. The molecule has 2 saturated carbocycles. The molecule has 1 amide bonds. The number of hydrogen-bond donors (Lipinski definition) is 1. The summed E-state index contributed by atoms with van der Waals surface area (Å²) in [6.45, 7) is -0.301. The quantitative estimate of drug-likeness (QED) is 0.522. The Balaban J connectivity index is 1.49. The lowest BCUT2D eigenvalue weighted by molar-refractivity contribution is -0.122. The highest BCUT2D eigenvalue weighted by Gasteiger charge is 2.67. The van der Waals surface area contributed by atoms with Gasteiger partial charge in [0.2, 0.25) is 5.91 Å². The first-order chi connectivity index (χ1) is 14.6. The number of nitrogens with one attached hydrogen (secondary N) is 1. The minimum absolute atomic E-state index is 0.0195. The zero-order valence-electron chi connectivity index (χ0n) is 16.0. The highest BCUT2D eigenvalue weighted by atomic mass is 35.5. The summed E-state index contributed by atoms with van der Waals surface area (Å²) >= 11 is 18.4. The molecule has 164 valence electrons. The third-order valence-electron chi connectivity index (χ3n) is 5.72. The molecule has 2 atom stereocenters. The molecule has 2 aliphatic carbocycles. The van der Waals surface area contributed by atoms with Crippen molar-refractivity contribution < 1.29 is 22.8 Å². The van der Waals surface area contributed by atoms with E-state index in [2.05, 4.69) is 5.32 Å². The van der Waals surface area contributed by atoms with Crippen molar-refractivity contribution in [3.05, 3.63) is 69.5 Å². The number of halogens is 6. The molecule has 0 heterocycles. The minimum atomic E-state index is -1.43.